The molecule has 0 fully saturated rings. The molecule has 2 aromatic rings. The van der Waals surface area contributed by atoms with E-state index in [2.05, 4.69) is 0 Å². The van der Waals surface area contributed by atoms with Gasteiger partial charge in [0.2, 0.25) is 0 Å². The molecular weight excluding hydrogens is 304 g/mol. The fourth-order valence-corrected chi connectivity index (χ4v) is 1.97. The van der Waals surface area contributed by atoms with Gasteiger partial charge in [-0.3, -0.25) is 0 Å². The minimum atomic E-state index is -0.614. The lowest BCUT2D eigenvalue weighted by atomic mass is 10.1. The van der Waals surface area contributed by atoms with Crippen molar-refractivity contribution in [2.24, 2.45) is 0 Å². The van der Waals surface area contributed by atoms with Gasteiger partial charge < -0.3 is 14.6 Å². The second kappa shape index (κ2) is 7.52. The number of para-hydroxylation sites is 1. The summed E-state index contributed by atoms with van der Waals surface area (Å²) in [6.45, 7) is 1.92. The first-order valence-corrected chi connectivity index (χ1v) is 7.07. The monoisotopic (exact) mass is 318 g/mol. The standard InChI is InChI=1S/C17H15ClO4/c1-2-21-17(20)15(11-19)14-5-3-4-6-16(14)22-13-9-7-12(18)8-10-13/h3-11,19H,2H2,1H3. The van der Waals surface area contributed by atoms with Crippen LogP contribution in [0.25, 0.3) is 5.57 Å². The van der Waals surface area contributed by atoms with Crippen LogP contribution in [-0.2, 0) is 9.53 Å². The molecule has 0 spiro atoms. The molecule has 2 rings (SSSR count). The summed E-state index contributed by atoms with van der Waals surface area (Å²) in [5, 5.41) is 9.97. The van der Waals surface area contributed by atoms with E-state index in [1.54, 1.807) is 55.5 Å². The molecule has 22 heavy (non-hydrogen) atoms. The van der Waals surface area contributed by atoms with Crippen molar-refractivity contribution in [1.82, 2.24) is 0 Å². The highest BCUT2D eigenvalue weighted by molar-refractivity contribution is 6.30. The van der Waals surface area contributed by atoms with Crippen LogP contribution in [0.1, 0.15) is 12.5 Å². The SMILES string of the molecule is CCOC(=O)C(=CO)c1ccccc1Oc1ccc(Cl)cc1. The Balaban J connectivity index is 2.33. The lowest BCUT2D eigenvalue weighted by molar-refractivity contribution is -0.136. The zero-order chi connectivity index (χ0) is 15.9. The number of halogens is 1. The summed E-state index contributed by atoms with van der Waals surface area (Å²) in [5.74, 6) is 0.383. The second-order valence-electron chi connectivity index (χ2n) is 4.32. The fourth-order valence-electron chi connectivity index (χ4n) is 1.85. The maximum Gasteiger partial charge on any atom is 0.342 e. The van der Waals surface area contributed by atoms with E-state index in [0.717, 1.165) is 6.26 Å². The smallest absolute Gasteiger partial charge is 0.342 e. The van der Waals surface area contributed by atoms with Crippen molar-refractivity contribution < 1.29 is 19.4 Å². The molecule has 0 radical (unpaired) electrons. The largest absolute Gasteiger partial charge is 0.515 e. The number of hydrogen-bond donors (Lipinski definition) is 1. The summed E-state index contributed by atoms with van der Waals surface area (Å²) in [7, 11) is 0. The fraction of sp³-hybridized carbons (Fsp3) is 0.118. The molecule has 0 aliphatic rings. The highest BCUT2D eigenvalue weighted by atomic mass is 35.5. The number of aliphatic hydroxyl groups is 1. The third-order valence-electron chi connectivity index (χ3n) is 2.84. The quantitative estimate of drug-likeness (QED) is 0.497. The molecule has 4 nitrogen and oxygen atoms in total. The van der Waals surface area contributed by atoms with Gasteiger partial charge in [-0.1, -0.05) is 29.8 Å². The molecule has 0 aromatic heterocycles. The van der Waals surface area contributed by atoms with Gasteiger partial charge in [-0.15, -0.1) is 0 Å². The molecular formula is C17H15ClO4. The summed E-state index contributed by atoms with van der Waals surface area (Å²) in [6.07, 6.45) is 0.724. The molecule has 5 heteroatoms. The minimum Gasteiger partial charge on any atom is -0.515 e. The van der Waals surface area contributed by atoms with Crippen LogP contribution in [0.5, 0.6) is 11.5 Å². The van der Waals surface area contributed by atoms with E-state index in [1.165, 1.54) is 0 Å². The Bertz CT molecular complexity index is 677. The maximum atomic E-state index is 11.9. The van der Waals surface area contributed by atoms with Crippen molar-refractivity contribution in [3.8, 4) is 11.5 Å². The molecule has 2 aromatic carbocycles. The molecule has 0 bridgehead atoms. The van der Waals surface area contributed by atoms with Crippen LogP contribution in [0.15, 0.2) is 54.8 Å². The first-order valence-electron chi connectivity index (χ1n) is 6.70. The second-order valence-corrected chi connectivity index (χ2v) is 4.75. The summed E-state index contributed by atoms with van der Waals surface area (Å²) < 4.78 is 10.7. The van der Waals surface area contributed by atoms with E-state index >= 15 is 0 Å². The van der Waals surface area contributed by atoms with E-state index in [9.17, 15) is 9.90 Å². The van der Waals surface area contributed by atoms with E-state index in [4.69, 9.17) is 21.1 Å². The highest BCUT2D eigenvalue weighted by Gasteiger charge is 2.18. The van der Waals surface area contributed by atoms with Gasteiger partial charge in [0.15, 0.2) is 0 Å². The molecule has 114 valence electrons. The molecule has 0 saturated carbocycles. The first-order chi connectivity index (χ1) is 10.7. The van der Waals surface area contributed by atoms with Gasteiger partial charge in [-0.25, -0.2) is 4.79 Å². The topological polar surface area (TPSA) is 55.8 Å². The summed E-state index contributed by atoms with van der Waals surface area (Å²) in [4.78, 5) is 11.9. The predicted octanol–water partition coefficient (Wildman–Crippen LogP) is 4.59. The number of carbonyl (C=O) groups excluding carboxylic acids is 1. The highest BCUT2D eigenvalue weighted by Crippen LogP contribution is 2.31. The normalized spacial score (nSPS) is 11.1. The van der Waals surface area contributed by atoms with Gasteiger partial charge in [0, 0.05) is 10.6 Å². The molecule has 0 heterocycles. The van der Waals surface area contributed by atoms with Crippen LogP contribution in [0.4, 0.5) is 0 Å². The molecule has 0 saturated heterocycles. The third kappa shape index (κ3) is 3.80. The van der Waals surface area contributed by atoms with Gasteiger partial charge in [0.25, 0.3) is 0 Å². The number of rotatable bonds is 5. The van der Waals surface area contributed by atoms with Gasteiger partial charge in [-0.05, 0) is 37.3 Å². The Morgan fingerprint density at radius 1 is 1.18 bits per heavy atom. The number of hydrogen-bond acceptors (Lipinski definition) is 4. The Morgan fingerprint density at radius 2 is 1.86 bits per heavy atom. The van der Waals surface area contributed by atoms with Crippen molar-refractivity contribution >= 4 is 23.1 Å². The number of carbonyl (C=O) groups is 1. The summed E-state index contributed by atoms with van der Waals surface area (Å²) in [5.41, 5.74) is 0.477. The van der Waals surface area contributed by atoms with Crippen molar-refractivity contribution in [2.45, 2.75) is 6.92 Å². The number of ether oxygens (including phenoxy) is 2. The predicted molar refractivity (Wildman–Crippen MR) is 85.2 cm³/mol. The van der Waals surface area contributed by atoms with Gasteiger partial charge in [0.05, 0.1) is 12.9 Å². The van der Waals surface area contributed by atoms with Gasteiger partial charge >= 0.3 is 5.97 Å². The average Bonchev–Trinajstić information content (AvgIpc) is 2.52. The minimum absolute atomic E-state index is 0.0337. The Labute approximate surface area is 133 Å². The maximum absolute atomic E-state index is 11.9. The van der Waals surface area contributed by atoms with Crippen LogP contribution in [0.2, 0.25) is 5.02 Å². The van der Waals surface area contributed by atoms with Crippen LogP contribution >= 0.6 is 11.6 Å². The number of aliphatic hydroxyl groups excluding tert-OH is 1. The van der Waals surface area contributed by atoms with Crippen LogP contribution in [0.3, 0.4) is 0 Å². The molecule has 0 aliphatic heterocycles. The van der Waals surface area contributed by atoms with E-state index in [-0.39, 0.29) is 12.2 Å². The zero-order valence-electron chi connectivity index (χ0n) is 12.0. The lowest BCUT2D eigenvalue weighted by Crippen LogP contribution is -2.07. The third-order valence-corrected chi connectivity index (χ3v) is 3.10. The van der Waals surface area contributed by atoms with Crippen LogP contribution in [-0.4, -0.2) is 17.7 Å². The van der Waals surface area contributed by atoms with Gasteiger partial charge in [0.1, 0.15) is 17.1 Å². The number of esters is 1. The molecule has 0 atom stereocenters. The van der Waals surface area contributed by atoms with Crippen LogP contribution < -0.4 is 4.74 Å². The van der Waals surface area contributed by atoms with E-state index < -0.39 is 5.97 Å². The lowest BCUT2D eigenvalue weighted by Gasteiger charge is -2.12. The van der Waals surface area contributed by atoms with E-state index in [1.807, 2.05) is 0 Å². The molecule has 0 amide bonds. The van der Waals surface area contributed by atoms with E-state index in [0.29, 0.717) is 22.1 Å². The molecule has 0 aliphatic carbocycles. The Morgan fingerprint density at radius 3 is 2.50 bits per heavy atom. The number of benzene rings is 2. The van der Waals surface area contributed by atoms with Crippen LogP contribution in [0, 0.1) is 0 Å². The summed E-state index contributed by atoms with van der Waals surface area (Å²) in [6, 6.07) is 13.7. The van der Waals surface area contributed by atoms with Crippen molar-refractivity contribution in [3.63, 3.8) is 0 Å². The average molecular weight is 319 g/mol. The van der Waals surface area contributed by atoms with Gasteiger partial charge in [-0.2, -0.15) is 0 Å². The first kappa shape index (κ1) is 15.9. The van der Waals surface area contributed by atoms with Crippen molar-refractivity contribution in [1.29, 1.82) is 0 Å². The molecule has 0 unspecified atom stereocenters. The molecule has 1 N–H and O–H groups in total. The Kier molecular flexibility index (Phi) is 5.44. The summed E-state index contributed by atoms with van der Waals surface area (Å²) >= 11 is 5.84. The Hall–Kier alpha value is -2.46. The zero-order valence-corrected chi connectivity index (χ0v) is 12.7. The van der Waals surface area contributed by atoms with Crippen molar-refractivity contribution in [2.75, 3.05) is 6.61 Å². The van der Waals surface area contributed by atoms with Crippen molar-refractivity contribution in [3.05, 3.63) is 65.4 Å².